The summed E-state index contributed by atoms with van der Waals surface area (Å²) in [7, 11) is 2.11. The Labute approximate surface area is 141 Å². The normalized spacial score (nSPS) is 20.8. The fraction of sp³-hybridized carbons (Fsp3) is 0.368. The monoisotopic (exact) mass is 323 g/mol. The van der Waals surface area contributed by atoms with Crippen LogP contribution in [0.4, 0.5) is 0 Å². The van der Waals surface area contributed by atoms with Gasteiger partial charge in [-0.15, -0.1) is 0 Å². The molecule has 24 heavy (non-hydrogen) atoms. The number of hydrogen-bond acceptors (Lipinski definition) is 2. The Morgan fingerprint density at radius 2 is 2.17 bits per heavy atom. The molecule has 0 saturated carbocycles. The van der Waals surface area contributed by atoms with E-state index in [4.69, 9.17) is 4.98 Å². The molecular weight excluding hydrogens is 300 g/mol. The molecule has 1 fully saturated rings. The minimum Gasteiger partial charge on any atom is -0.350 e. The van der Waals surface area contributed by atoms with Gasteiger partial charge in [-0.1, -0.05) is 6.07 Å². The number of rotatable bonds is 3. The van der Waals surface area contributed by atoms with E-state index >= 15 is 0 Å². The lowest BCUT2D eigenvalue weighted by atomic mass is 10.1. The highest BCUT2D eigenvalue weighted by atomic mass is 16.1. The summed E-state index contributed by atoms with van der Waals surface area (Å²) in [6.45, 7) is 3.87. The Kier molecular flexibility index (Phi) is 3.73. The maximum Gasteiger partial charge on any atom is 0.258 e. The first-order valence-corrected chi connectivity index (χ1v) is 8.57. The fourth-order valence-electron chi connectivity index (χ4n) is 4.00. The van der Waals surface area contributed by atoms with Gasteiger partial charge in [-0.3, -0.25) is 9.20 Å². The largest absolute Gasteiger partial charge is 0.350 e. The van der Waals surface area contributed by atoms with Crippen molar-refractivity contribution in [1.82, 2.24) is 14.0 Å². The molecular formula is C19H23N4O+. The number of aromatic nitrogens is 3. The second kappa shape index (κ2) is 5.91. The van der Waals surface area contributed by atoms with Crippen LogP contribution in [-0.4, -0.2) is 20.5 Å². The van der Waals surface area contributed by atoms with Gasteiger partial charge < -0.3 is 9.47 Å². The Morgan fingerprint density at radius 1 is 1.29 bits per heavy atom. The van der Waals surface area contributed by atoms with E-state index < -0.39 is 0 Å². The van der Waals surface area contributed by atoms with Crippen LogP contribution in [0.1, 0.15) is 36.0 Å². The van der Waals surface area contributed by atoms with Gasteiger partial charge in [0.2, 0.25) is 0 Å². The van der Waals surface area contributed by atoms with Gasteiger partial charge in [0.05, 0.1) is 12.2 Å². The van der Waals surface area contributed by atoms with E-state index in [-0.39, 0.29) is 5.56 Å². The van der Waals surface area contributed by atoms with Crippen LogP contribution in [0.2, 0.25) is 0 Å². The predicted octanol–water partition coefficient (Wildman–Crippen LogP) is 1.26. The van der Waals surface area contributed by atoms with Crippen molar-refractivity contribution >= 4 is 5.65 Å². The van der Waals surface area contributed by atoms with Crippen LogP contribution in [0.5, 0.6) is 0 Å². The van der Waals surface area contributed by atoms with Gasteiger partial charge in [-0.25, -0.2) is 4.98 Å². The summed E-state index contributed by atoms with van der Waals surface area (Å²) in [5.74, 6) is 0. The third-order valence-corrected chi connectivity index (χ3v) is 5.17. The summed E-state index contributed by atoms with van der Waals surface area (Å²) >= 11 is 0. The van der Waals surface area contributed by atoms with Crippen LogP contribution in [0.15, 0.2) is 47.4 Å². The highest BCUT2D eigenvalue weighted by Gasteiger charge is 2.32. The van der Waals surface area contributed by atoms with Gasteiger partial charge in [-0.05, 0) is 31.2 Å². The van der Waals surface area contributed by atoms with E-state index in [1.165, 1.54) is 23.4 Å². The number of pyridine rings is 1. The molecule has 2 atom stereocenters. The van der Waals surface area contributed by atoms with Crippen molar-refractivity contribution in [3.63, 3.8) is 0 Å². The molecule has 0 spiro atoms. The zero-order valence-electron chi connectivity index (χ0n) is 14.2. The van der Waals surface area contributed by atoms with E-state index in [1.54, 1.807) is 10.5 Å². The van der Waals surface area contributed by atoms with Gasteiger partial charge in [-0.2, -0.15) is 0 Å². The number of hydrogen-bond donors (Lipinski definition) is 1. The van der Waals surface area contributed by atoms with E-state index in [0.717, 1.165) is 30.1 Å². The lowest BCUT2D eigenvalue weighted by molar-refractivity contribution is -0.932. The van der Waals surface area contributed by atoms with Crippen LogP contribution in [0.3, 0.4) is 0 Å². The maximum atomic E-state index is 12.5. The van der Waals surface area contributed by atoms with Crippen molar-refractivity contribution < 1.29 is 4.90 Å². The second-order valence-electron chi connectivity index (χ2n) is 6.77. The number of likely N-dealkylation sites (tertiary alicyclic amines) is 1. The molecule has 1 unspecified atom stereocenters. The summed E-state index contributed by atoms with van der Waals surface area (Å²) in [6.07, 6.45) is 4.52. The molecule has 1 saturated heterocycles. The highest BCUT2D eigenvalue weighted by molar-refractivity contribution is 5.40. The van der Waals surface area contributed by atoms with Gasteiger partial charge in [0.15, 0.2) is 0 Å². The molecule has 5 nitrogen and oxygen atoms in total. The molecule has 0 aromatic carbocycles. The lowest BCUT2D eigenvalue weighted by Crippen LogP contribution is -3.09. The van der Waals surface area contributed by atoms with Crippen LogP contribution in [-0.2, 0) is 13.6 Å². The number of aryl methyl sites for hydroxylation is 2. The van der Waals surface area contributed by atoms with Crippen molar-refractivity contribution in [2.24, 2.45) is 7.05 Å². The second-order valence-corrected chi connectivity index (χ2v) is 6.77. The highest BCUT2D eigenvalue weighted by Crippen LogP contribution is 2.19. The first kappa shape index (κ1) is 15.1. The van der Waals surface area contributed by atoms with E-state index in [0.29, 0.717) is 6.04 Å². The van der Waals surface area contributed by atoms with Crippen molar-refractivity contribution in [2.45, 2.75) is 32.4 Å². The SMILES string of the molecule is Cc1cccc2nc(C[NH+]3CCC[C@H]3c3cccn3C)cc(=O)n12. The molecule has 1 N–H and O–H groups in total. The minimum absolute atomic E-state index is 0.0158. The predicted molar refractivity (Wildman–Crippen MR) is 93.1 cm³/mol. The van der Waals surface area contributed by atoms with Crippen molar-refractivity contribution in [1.29, 1.82) is 0 Å². The molecule has 3 aromatic heterocycles. The molecule has 0 bridgehead atoms. The Balaban J connectivity index is 1.67. The summed E-state index contributed by atoms with van der Waals surface area (Å²) in [5.41, 5.74) is 3.94. The van der Waals surface area contributed by atoms with Crippen molar-refractivity contribution in [3.8, 4) is 0 Å². The van der Waals surface area contributed by atoms with E-state index in [1.807, 2.05) is 25.1 Å². The minimum atomic E-state index is 0.0158. The Morgan fingerprint density at radius 3 is 2.96 bits per heavy atom. The number of fused-ring (bicyclic) bond motifs is 1. The van der Waals surface area contributed by atoms with Gasteiger partial charge >= 0.3 is 0 Å². The molecule has 124 valence electrons. The average Bonchev–Trinajstić information content (AvgIpc) is 3.15. The van der Waals surface area contributed by atoms with Crippen LogP contribution >= 0.6 is 0 Å². The number of quaternary nitrogens is 1. The standard InChI is InChI=1S/C19H22N4O/c1-14-6-3-9-18-20-15(12-19(24)23(14)18)13-22-11-5-8-17(22)16-7-4-10-21(16)2/h3-4,6-7,9-10,12,17H,5,8,11,13H2,1-2H3/p+1/t17-/m0/s1. The molecule has 0 aliphatic carbocycles. The topological polar surface area (TPSA) is 43.7 Å². The average molecular weight is 323 g/mol. The molecule has 4 heterocycles. The third kappa shape index (κ3) is 2.55. The zero-order valence-corrected chi connectivity index (χ0v) is 14.2. The molecule has 0 radical (unpaired) electrons. The quantitative estimate of drug-likeness (QED) is 0.789. The van der Waals surface area contributed by atoms with Gasteiger partial charge in [0.1, 0.15) is 23.9 Å². The summed E-state index contributed by atoms with van der Waals surface area (Å²) < 4.78 is 3.89. The smallest absolute Gasteiger partial charge is 0.258 e. The van der Waals surface area contributed by atoms with Crippen LogP contribution < -0.4 is 10.5 Å². The lowest BCUT2D eigenvalue weighted by Gasteiger charge is -2.22. The summed E-state index contributed by atoms with van der Waals surface area (Å²) in [4.78, 5) is 18.7. The molecule has 5 heteroatoms. The third-order valence-electron chi connectivity index (χ3n) is 5.17. The maximum absolute atomic E-state index is 12.5. The van der Waals surface area contributed by atoms with Crippen molar-refractivity contribution in [3.05, 3.63) is 70.0 Å². The number of nitrogens with zero attached hydrogens (tertiary/aromatic N) is 3. The Hall–Kier alpha value is -2.40. The first-order chi connectivity index (χ1) is 11.6. The number of nitrogens with one attached hydrogen (secondary N) is 1. The summed E-state index contributed by atoms with van der Waals surface area (Å²) in [6, 6.07) is 12.3. The molecule has 0 amide bonds. The van der Waals surface area contributed by atoms with Crippen molar-refractivity contribution in [2.75, 3.05) is 6.54 Å². The van der Waals surface area contributed by atoms with Gasteiger partial charge in [0.25, 0.3) is 5.56 Å². The zero-order chi connectivity index (χ0) is 16.7. The van der Waals surface area contributed by atoms with Crippen LogP contribution in [0, 0.1) is 6.92 Å². The molecule has 1 aliphatic rings. The fourth-order valence-corrected chi connectivity index (χ4v) is 4.00. The van der Waals surface area contributed by atoms with E-state index in [9.17, 15) is 4.79 Å². The van der Waals surface area contributed by atoms with Gasteiger partial charge in [0, 0.05) is 37.8 Å². The molecule has 4 rings (SSSR count). The summed E-state index contributed by atoms with van der Waals surface area (Å²) in [5, 5.41) is 0. The Bertz CT molecular complexity index is 940. The van der Waals surface area contributed by atoms with Crippen LogP contribution in [0.25, 0.3) is 5.65 Å². The molecule has 3 aromatic rings. The molecule has 1 aliphatic heterocycles. The van der Waals surface area contributed by atoms with E-state index in [2.05, 4.69) is 29.9 Å². The first-order valence-electron chi connectivity index (χ1n) is 8.57.